The Morgan fingerprint density at radius 2 is 1.71 bits per heavy atom. The minimum Gasteiger partial charge on any atom is -0.492 e. The van der Waals surface area contributed by atoms with Crippen LogP contribution in [0.2, 0.25) is 0 Å². The van der Waals surface area contributed by atoms with E-state index in [1.165, 1.54) is 5.56 Å². The molecule has 0 amide bonds. The van der Waals surface area contributed by atoms with Crippen molar-refractivity contribution in [3.05, 3.63) is 29.8 Å². The summed E-state index contributed by atoms with van der Waals surface area (Å²) in [6.45, 7) is 11.5. The van der Waals surface area contributed by atoms with Crippen LogP contribution in [0.3, 0.4) is 0 Å². The van der Waals surface area contributed by atoms with Gasteiger partial charge in [0.15, 0.2) is 0 Å². The van der Waals surface area contributed by atoms with Crippen LogP contribution in [0.15, 0.2) is 24.3 Å². The Morgan fingerprint density at radius 3 is 2.24 bits per heavy atom. The fourth-order valence-electron chi connectivity index (χ4n) is 1.58. The van der Waals surface area contributed by atoms with Gasteiger partial charge in [0.05, 0.1) is 0 Å². The van der Waals surface area contributed by atoms with Crippen LogP contribution in [-0.2, 0) is 0 Å². The third kappa shape index (κ3) is 5.73. The van der Waals surface area contributed by atoms with Gasteiger partial charge in [0, 0.05) is 6.54 Å². The Balaban J connectivity index is 2.23. The van der Waals surface area contributed by atoms with Crippen molar-refractivity contribution in [3.8, 4) is 5.75 Å². The van der Waals surface area contributed by atoms with Crippen molar-refractivity contribution in [1.29, 1.82) is 0 Å². The third-order valence-corrected chi connectivity index (χ3v) is 2.65. The van der Waals surface area contributed by atoms with E-state index in [1.54, 1.807) is 0 Å². The Bertz CT molecular complexity index is 303. The van der Waals surface area contributed by atoms with Gasteiger partial charge in [-0.05, 0) is 36.1 Å². The van der Waals surface area contributed by atoms with Gasteiger partial charge in [0.2, 0.25) is 0 Å². The molecule has 0 bridgehead atoms. The minimum absolute atomic E-state index is 0.580. The first-order chi connectivity index (χ1) is 8.09. The molecule has 0 atom stereocenters. The van der Waals surface area contributed by atoms with Crippen molar-refractivity contribution < 1.29 is 4.74 Å². The third-order valence-electron chi connectivity index (χ3n) is 2.65. The molecule has 0 saturated heterocycles. The molecule has 0 fully saturated rings. The Hall–Kier alpha value is -1.02. The van der Waals surface area contributed by atoms with Crippen LogP contribution >= 0.6 is 0 Å². The maximum atomic E-state index is 5.66. The second-order valence-electron chi connectivity index (χ2n) is 5.17. The van der Waals surface area contributed by atoms with Gasteiger partial charge in [-0.3, -0.25) is 0 Å². The molecule has 0 unspecified atom stereocenters. The van der Waals surface area contributed by atoms with Gasteiger partial charge in [-0.1, -0.05) is 39.8 Å². The van der Waals surface area contributed by atoms with E-state index in [0.29, 0.717) is 11.8 Å². The number of nitrogens with one attached hydrogen (secondary N) is 1. The first kappa shape index (κ1) is 14.0. The van der Waals surface area contributed by atoms with Crippen LogP contribution in [0, 0.1) is 5.92 Å². The van der Waals surface area contributed by atoms with Crippen LogP contribution < -0.4 is 10.1 Å². The van der Waals surface area contributed by atoms with E-state index in [4.69, 9.17) is 4.74 Å². The standard InChI is InChI=1S/C15H25NO/c1-12(2)11-16-9-10-17-15-7-5-14(6-8-15)13(3)4/h5-8,12-13,16H,9-11H2,1-4H3. The number of hydrogen-bond acceptors (Lipinski definition) is 2. The predicted octanol–water partition coefficient (Wildman–Crippen LogP) is 3.43. The maximum Gasteiger partial charge on any atom is 0.119 e. The average Bonchev–Trinajstić information content (AvgIpc) is 2.29. The van der Waals surface area contributed by atoms with Gasteiger partial charge in [0.25, 0.3) is 0 Å². The summed E-state index contributed by atoms with van der Waals surface area (Å²) < 4.78 is 5.66. The number of ether oxygens (including phenoxy) is 1. The summed E-state index contributed by atoms with van der Waals surface area (Å²) in [4.78, 5) is 0. The van der Waals surface area contributed by atoms with E-state index in [1.807, 2.05) is 0 Å². The topological polar surface area (TPSA) is 21.3 Å². The molecule has 1 aromatic rings. The van der Waals surface area contributed by atoms with E-state index in [2.05, 4.69) is 57.3 Å². The fraction of sp³-hybridized carbons (Fsp3) is 0.600. The van der Waals surface area contributed by atoms with E-state index in [0.717, 1.165) is 25.4 Å². The highest BCUT2D eigenvalue weighted by Crippen LogP contribution is 2.18. The quantitative estimate of drug-likeness (QED) is 0.731. The summed E-state index contributed by atoms with van der Waals surface area (Å²) in [5.41, 5.74) is 1.36. The van der Waals surface area contributed by atoms with Gasteiger partial charge in [0.1, 0.15) is 12.4 Å². The summed E-state index contributed by atoms with van der Waals surface area (Å²) in [6, 6.07) is 8.39. The average molecular weight is 235 g/mol. The monoisotopic (exact) mass is 235 g/mol. The zero-order valence-electron chi connectivity index (χ0n) is 11.5. The van der Waals surface area contributed by atoms with E-state index < -0.39 is 0 Å². The van der Waals surface area contributed by atoms with E-state index in [-0.39, 0.29) is 0 Å². The second-order valence-corrected chi connectivity index (χ2v) is 5.17. The van der Waals surface area contributed by atoms with Crippen LogP contribution in [-0.4, -0.2) is 19.7 Å². The molecular formula is C15H25NO. The summed E-state index contributed by atoms with van der Waals surface area (Å²) >= 11 is 0. The van der Waals surface area contributed by atoms with E-state index >= 15 is 0 Å². The van der Waals surface area contributed by atoms with Gasteiger partial charge in [-0.25, -0.2) is 0 Å². The lowest BCUT2D eigenvalue weighted by Crippen LogP contribution is -2.24. The van der Waals surface area contributed by atoms with Crippen molar-refractivity contribution >= 4 is 0 Å². The molecule has 0 spiro atoms. The summed E-state index contributed by atoms with van der Waals surface area (Å²) in [5, 5.41) is 3.36. The number of rotatable bonds is 7. The van der Waals surface area contributed by atoms with Crippen LogP contribution in [0.25, 0.3) is 0 Å². The molecule has 0 heterocycles. The largest absolute Gasteiger partial charge is 0.492 e. The predicted molar refractivity (Wildman–Crippen MR) is 73.7 cm³/mol. The molecular weight excluding hydrogens is 210 g/mol. The molecule has 1 N–H and O–H groups in total. The first-order valence-electron chi connectivity index (χ1n) is 6.53. The molecule has 0 aromatic heterocycles. The molecule has 2 nitrogen and oxygen atoms in total. The Kier molecular flexibility index (Phi) is 6.06. The van der Waals surface area contributed by atoms with Crippen molar-refractivity contribution in [2.75, 3.05) is 19.7 Å². The maximum absolute atomic E-state index is 5.66. The van der Waals surface area contributed by atoms with Crippen molar-refractivity contribution in [2.45, 2.75) is 33.6 Å². The van der Waals surface area contributed by atoms with Crippen molar-refractivity contribution in [3.63, 3.8) is 0 Å². The zero-order chi connectivity index (χ0) is 12.7. The highest BCUT2D eigenvalue weighted by Gasteiger charge is 1.99. The number of benzene rings is 1. The van der Waals surface area contributed by atoms with Crippen LogP contribution in [0.1, 0.15) is 39.2 Å². The van der Waals surface area contributed by atoms with E-state index in [9.17, 15) is 0 Å². The lowest BCUT2D eigenvalue weighted by atomic mass is 10.0. The molecule has 0 aliphatic carbocycles. The summed E-state index contributed by atoms with van der Waals surface area (Å²) in [5.74, 6) is 2.23. The molecule has 0 saturated carbocycles. The molecule has 17 heavy (non-hydrogen) atoms. The van der Waals surface area contributed by atoms with Gasteiger partial charge < -0.3 is 10.1 Å². The SMILES string of the molecule is CC(C)CNCCOc1ccc(C(C)C)cc1. The van der Waals surface area contributed by atoms with Gasteiger partial charge in [-0.2, -0.15) is 0 Å². The normalized spacial score (nSPS) is 11.2. The molecule has 1 aromatic carbocycles. The highest BCUT2D eigenvalue weighted by atomic mass is 16.5. The molecule has 0 aliphatic heterocycles. The first-order valence-corrected chi connectivity index (χ1v) is 6.53. The molecule has 0 aliphatic rings. The summed E-state index contributed by atoms with van der Waals surface area (Å²) in [6.07, 6.45) is 0. The zero-order valence-corrected chi connectivity index (χ0v) is 11.5. The highest BCUT2D eigenvalue weighted by molar-refractivity contribution is 5.28. The van der Waals surface area contributed by atoms with Crippen molar-refractivity contribution in [2.24, 2.45) is 5.92 Å². The lowest BCUT2D eigenvalue weighted by Gasteiger charge is -2.10. The Labute approximate surface area is 105 Å². The van der Waals surface area contributed by atoms with Gasteiger partial charge in [-0.15, -0.1) is 0 Å². The molecule has 96 valence electrons. The summed E-state index contributed by atoms with van der Waals surface area (Å²) in [7, 11) is 0. The minimum atomic E-state index is 0.580. The smallest absolute Gasteiger partial charge is 0.119 e. The van der Waals surface area contributed by atoms with Crippen LogP contribution in [0.4, 0.5) is 0 Å². The molecule has 1 rings (SSSR count). The number of hydrogen-bond donors (Lipinski definition) is 1. The van der Waals surface area contributed by atoms with Gasteiger partial charge >= 0.3 is 0 Å². The fourth-order valence-corrected chi connectivity index (χ4v) is 1.58. The second kappa shape index (κ2) is 7.33. The van der Waals surface area contributed by atoms with Crippen LogP contribution in [0.5, 0.6) is 5.75 Å². The molecule has 0 radical (unpaired) electrons. The van der Waals surface area contributed by atoms with Crippen molar-refractivity contribution in [1.82, 2.24) is 5.32 Å². The Morgan fingerprint density at radius 1 is 1.06 bits per heavy atom. The lowest BCUT2D eigenvalue weighted by molar-refractivity contribution is 0.311. The molecule has 2 heteroatoms.